The molecule has 2 atom stereocenters. The van der Waals surface area contributed by atoms with Crippen LogP contribution in [0.2, 0.25) is 0 Å². The lowest BCUT2D eigenvalue weighted by Crippen LogP contribution is -2.48. The van der Waals surface area contributed by atoms with E-state index in [-0.39, 0.29) is 24.0 Å². The molecule has 1 heterocycles. The number of likely N-dealkylation sites (tertiary alicyclic amines) is 1. The third kappa shape index (κ3) is 5.39. The Kier molecular flexibility index (Phi) is 5.84. The van der Waals surface area contributed by atoms with E-state index in [1.54, 1.807) is 4.90 Å². The number of piperidine rings is 1. The molecule has 20 heavy (non-hydrogen) atoms. The highest BCUT2D eigenvalue weighted by Crippen LogP contribution is 2.19. The van der Waals surface area contributed by atoms with Crippen molar-refractivity contribution >= 4 is 12.0 Å². The topological polar surface area (TPSA) is 58.6 Å². The SMILES string of the molecule is CC[C@H](C)NC(=O)[C@H]1CCCN(C(=O)OC(C)(C)C)C1. The highest BCUT2D eigenvalue weighted by Gasteiger charge is 2.31. The van der Waals surface area contributed by atoms with Gasteiger partial charge in [0.05, 0.1) is 5.92 Å². The van der Waals surface area contributed by atoms with E-state index >= 15 is 0 Å². The molecule has 5 nitrogen and oxygen atoms in total. The molecule has 0 spiro atoms. The van der Waals surface area contributed by atoms with Crippen molar-refractivity contribution in [2.24, 2.45) is 5.92 Å². The number of hydrogen-bond acceptors (Lipinski definition) is 3. The summed E-state index contributed by atoms with van der Waals surface area (Å²) in [4.78, 5) is 25.8. The lowest BCUT2D eigenvalue weighted by Gasteiger charge is -2.33. The van der Waals surface area contributed by atoms with Gasteiger partial charge in [0.2, 0.25) is 5.91 Å². The zero-order valence-electron chi connectivity index (χ0n) is 13.4. The molecule has 0 bridgehead atoms. The first-order chi connectivity index (χ1) is 9.23. The lowest BCUT2D eigenvalue weighted by molar-refractivity contribution is -0.127. The van der Waals surface area contributed by atoms with Crippen LogP contribution in [-0.2, 0) is 9.53 Å². The standard InChI is InChI=1S/C15H28N2O3/c1-6-11(2)16-13(18)12-8-7-9-17(10-12)14(19)20-15(3,4)5/h11-12H,6-10H2,1-5H3,(H,16,18)/t11-,12-/m0/s1. The van der Waals surface area contributed by atoms with Crippen molar-refractivity contribution in [2.45, 2.75) is 65.5 Å². The van der Waals surface area contributed by atoms with Crippen LogP contribution in [0.3, 0.4) is 0 Å². The normalized spacial score (nSPS) is 21.2. The van der Waals surface area contributed by atoms with Crippen molar-refractivity contribution in [3.63, 3.8) is 0 Å². The quantitative estimate of drug-likeness (QED) is 0.866. The summed E-state index contributed by atoms with van der Waals surface area (Å²) < 4.78 is 5.36. The number of ether oxygens (including phenoxy) is 1. The molecule has 5 heteroatoms. The van der Waals surface area contributed by atoms with E-state index in [4.69, 9.17) is 4.74 Å². The maximum Gasteiger partial charge on any atom is 0.410 e. The number of carbonyl (C=O) groups excluding carboxylic acids is 2. The van der Waals surface area contributed by atoms with Gasteiger partial charge in [-0.05, 0) is 47.0 Å². The van der Waals surface area contributed by atoms with E-state index in [0.717, 1.165) is 19.3 Å². The Morgan fingerprint density at radius 1 is 1.40 bits per heavy atom. The molecule has 0 aromatic heterocycles. The first kappa shape index (κ1) is 16.8. The Labute approximate surface area is 122 Å². The predicted molar refractivity (Wildman–Crippen MR) is 78.4 cm³/mol. The molecule has 0 radical (unpaired) electrons. The lowest BCUT2D eigenvalue weighted by atomic mass is 9.97. The molecule has 0 aliphatic carbocycles. The molecule has 0 saturated carbocycles. The molecule has 1 rings (SSSR count). The predicted octanol–water partition coefficient (Wildman–Crippen LogP) is 2.55. The van der Waals surface area contributed by atoms with Crippen molar-refractivity contribution in [3.8, 4) is 0 Å². The van der Waals surface area contributed by atoms with Crippen molar-refractivity contribution in [1.29, 1.82) is 0 Å². The minimum absolute atomic E-state index is 0.0487. The van der Waals surface area contributed by atoms with Gasteiger partial charge in [0.15, 0.2) is 0 Å². The number of rotatable bonds is 3. The van der Waals surface area contributed by atoms with Crippen LogP contribution in [0, 0.1) is 5.92 Å². The van der Waals surface area contributed by atoms with Gasteiger partial charge >= 0.3 is 6.09 Å². The van der Waals surface area contributed by atoms with Crippen LogP contribution in [0.4, 0.5) is 4.79 Å². The summed E-state index contributed by atoms with van der Waals surface area (Å²) in [5, 5.41) is 2.99. The molecular weight excluding hydrogens is 256 g/mol. The number of hydrogen-bond donors (Lipinski definition) is 1. The van der Waals surface area contributed by atoms with Crippen LogP contribution >= 0.6 is 0 Å². The van der Waals surface area contributed by atoms with Gasteiger partial charge in [0.1, 0.15) is 5.60 Å². The average Bonchev–Trinajstić information content (AvgIpc) is 2.36. The maximum absolute atomic E-state index is 12.1. The van der Waals surface area contributed by atoms with E-state index in [1.807, 2.05) is 34.6 Å². The summed E-state index contributed by atoms with van der Waals surface area (Å²) in [7, 11) is 0. The van der Waals surface area contributed by atoms with Crippen molar-refractivity contribution < 1.29 is 14.3 Å². The van der Waals surface area contributed by atoms with E-state index in [9.17, 15) is 9.59 Å². The zero-order valence-corrected chi connectivity index (χ0v) is 13.4. The first-order valence-electron chi connectivity index (χ1n) is 7.51. The summed E-state index contributed by atoms with van der Waals surface area (Å²) in [6, 6.07) is 0.180. The smallest absolute Gasteiger partial charge is 0.410 e. The number of nitrogens with zero attached hydrogens (tertiary/aromatic N) is 1. The molecule has 0 aromatic rings. The van der Waals surface area contributed by atoms with E-state index < -0.39 is 5.60 Å². The largest absolute Gasteiger partial charge is 0.444 e. The summed E-state index contributed by atoms with van der Waals surface area (Å²) in [6.45, 7) is 10.7. The number of amides is 2. The van der Waals surface area contributed by atoms with Crippen molar-refractivity contribution in [1.82, 2.24) is 10.2 Å². The van der Waals surface area contributed by atoms with Crippen molar-refractivity contribution in [3.05, 3.63) is 0 Å². The third-order valence-electron chi connectivity index (χ3n) is 3.44. The fourth-order valence-electron chi connectivity index (χ4n) is 2.15. The second kappa shape index (κ2) is 6.95. The van der Waals surface area contributed by atoms with Crippen LogP contribution in [-0.4, -0.2) is 41.6 Å². The molecule has 116 valence electrons. The molecule has 0 unspecified atom stereocenters. The number of carbonyl (C=O) groups is 2. The van der Waals surface area contributed by atoms with Gasteiger partial charge in [0.25, 0.3) is 0 Å². The zero-order chi connectivity index (χ0) is 15.3. The van der Waals surface area contributed by atoms with Crippen LogP contribution < -0.4 is 5.32 Å². The maximum atomic E-state index is 12.1. The van der Waals surface area contributed by atoms with Crippen molar-refractivity contribution in [2.75, 3.05) is 13.1 Å². The third-order valence-corrected chi connectivity index (χ3v) is 3.44. The second-order valence-electron chi connectivity index (χ2n) is 6.58. The average molecular weight is 284 g/mol. The van der Waals surface area contributed by atoms with E-state index in [1.165, 1.54) is 0 Å². The van der Waals surface area contributed by atoms with Gasteiger partial charge in [-0.15, -0.1) is 0 Å². The van der Waals surface area contributed by atoms with Crippen LogP contribution in [0.5, 0.6) is 0 Å². The Hall–Kier alpha value is -1.26. The van der Waals surface area contributed by atoms with Gasteiger partial charge in [-0.25, -0.2) is 4.79 Å². The van der Waals surface area contributed by atoms with Gasteiger partial charge in [0, 0.05) is 19.1 Å². The van der Waals surface area contributed by atoms with E-state index in [0.29, 0.717) is 13.1 Å². The molecular formula is C15H28N2O3. The van der Waals surface area contributed by atoms with Crippen LogP contribution in [0.25, 0.3) is 0 Å². The molecule has 0 aromatic carbocycles. The molecule has 2 amide bonds. The minimum atomic E-state index is -0.497. The highest BCUT2D eigenvalue weighted by atomic mass is 16.6. The Morgan fingerprint density at radius 3 is 2.60 bits per heavy atom. The minimum Gasteiger partial charge on any atom is -0.444 e. The Morgan fingerprint density at radius 2 is 2.05 bits per heavy atom. The fourth-order valence-corrected chi connectivity index (χ4v) is 2.15. The van der Waals surface area contributed by atoms with E-state index in [2.05, 4.69) is 5.32 Å². The summed E-state index contributed by atoms with van der Waals surface area (Å²) in [6.07, 6.45) is 2.27. The van der Waals surface area contributed by atoms with Gasteiger partial charge < -0.3 is 15.0 Å². The van der Waals surface area contributed by atoms with Gasteiger partial charge in [-0.1, -0.05) is 6.92 Å². The summed E-state index contributed by atoms with van der Waals surface area (Å²) in [5.41, 5.74) is -0.497. The van der Waals surface area contributed by atoms with Gasteiger partial charge in [-0.2, -0.15) is 0 Å². The molecule has 1 N–H and O–H groups in total. The van der Waals surface area contributed by atoms with Crippen LogP contribution in [0.1, 0.15) is 53.9 Å². The number of nitrogens with one attached hydrogen (secondary N) is 1. The molecule has 1 aliphatic heterocycles. The fraction of sp³-hybridized carbons (Fsp3) is 0.867. The molecule has 1 aliphatic rings. The summed E-state index contributed by atoms with van der Waals surface area (Å²) in [5.74, 6) is -0.0714. The summed E-state index contributed by atoms with van der Waals surface area (Å²) >= 11 is 0. The Bertz CT molecular complexity index is 350. The molecule has 1 fully saturated rings. The Balaban J connectivity index is 2.54. The first-order valence-corrected chi connectivity index (χ1v) is 7.51. The monoisotopic (exact) mass is 284 g/mol. The highest BCUT2D eigenvalue weighted by molar-refractivity contribution is 5.80. The second-order valence-corrected chi connectivity index (χ2v) is 6.58. The van der Waals surface area contributed by atoms with Gasteiger partial charge in [-0.3, -0.25) is 4.79 Å². The van der Waals surface area contributed by atoms with Crippen LogP contribution in [0.15, 0.2) is 0 Å². The molecule has 1 saturated heterocycles.